The Labute approximate surface area is 110 Å². The van der Waals surface area contributed by atoms with Crippen molar-refractivity contribution in [3.05, 3.63) is 59.9 Å². The highest BCUT2D eigenvalue weighted by atomic mass is 19.1. The lowest BCUT2D eigenvalue weighted by Gasteiger charge is -2.26. The Kier molecular flexibility index (Phi) is 2.91. The van der Waals surface area contributed by atoms with Crippen molar-refractivity contribution in [2.45, 2.75) is 6.10 Å². The Morgan fingerprint density at radius 1 is 1.16 bits per heavy atom. The van der Waals surface area contributed by atoms with Crippen molar-refractivity contribution >= 4 is 11.5 Å². The van der Waals surface area contributed by atoms with Gasteiger partial charge in [-0.05, 0) is 24.3 Å². The molecule has 3 nitrogen and oxygen atoms in total. The van der Waals surface area contributed by atoms with E-state index in [1.165, 1.54) is 12.1 Å². The molecule has 1 N–H and O–H groups in total. The molecule has 4 heteroatoms. The van der Waals surface area contributed by atoms with Gasteiger partial charge in [-0.1, -0.05) is 24.3 Å². The number of ether oxygens (including phenoxy) is 1. The van der Waals surface area contributed by atoms with E-state index >= 15 is 0 Å². The first-order valence-electron chi connectivity index (χ1n) is 6.04. The third-order valence-electron chi connectivity index (χ3n) is 3.07. The molecule has 0 amide bonds. The molecule has 1 heterocycles. The van der Waals surface area contributed by atoms with Gasteiger partial charge in [0.25, 0.3) is 0 Å². The van der Waals surface area contributed by atoms with E-state index in [9.17, 15) is 9.18 Å². The fourth-order valence-electron chi connectivity index (χ4n) is 2.09. The molecular weight excluding hydrogens is 245 g/mol. The van der Waals surface area contributed by atoms with Crippen molar-refractivity contribution < 1.29 is 13.9 Å². The number of halogens is 1. The predicted octanol–water partition coefficient (Wildman–Crippen LogP) is 2.88. The van der Waals surface area contributed by atoms with Crippen LogP contribution >= 0.6 is 0 Å². The zero-order valence-electron chi connectivity index (χ0n) is 10.1. The number of fused-ring (bicyclic) bond motifs is 1. The largest absolute Gasteiger partial charge is 0.478 e. The molecule has 2 aromatic carbocycles. The number of hydrogen-bond donors (Lipinski definition) is 1. The van der Waals surface area contributed by atoms with Crippen molar-refractivity contribution in [3.63, 3.8) is 0 Å². The summed E-state index contributed by atoms with van der Waals surface area (Å²) in [6.07, 6.45) is -0.702. The number of anilines is 1. The number of carbonyl (C=O) groups excluding carboxylic acids is 1. The van der Waals surface area contributed by atoms with Crippen molar-refractivity contribution in [1.82, 2.24) is 0 Å². The molecule has 0 bridgehead atoms. The van der Waals surface area contributed by atoms with E-state index in [0.29, 0.717) is 12.3 Å². The van der Waals surface area contributed by atoms with Gasteiger partial charge >= 0.3 is 0 Å². The second-order valence-corrected chi connectivity index (χ2v) is 4.33. The number of hydrogen-bond acceptors (Lipinski definition) is 3. The Balaban J connectivity index is 1.86. The van der Waals surface area contributed by atoms with Crippen LogP contribution in [0.3, 0.4) is 0 Å². The van der Waals surface area contributed by atoms with Crippen LogP contribution in [0.15, 0.2) is 48.5 Å². The maximum Gasteiger partial charge on any atom is 0.208 e. The van der Waals surface area contributed by atoms with Gasteiger partial charge in [-0.15, -0.1) is 0 Å². The summed E-state index contributed by atoms with van der Waals surface area (Å²) in [7, 11) is 0. The minimum atomic E-state index is -0.702. The maximum absolute atomic E-state index is 13.6. The molecule has 0 radical (unpaired) electrons. The minimum absolute atomic E-state index is 0.0636. The van der Waals surface area contributed by atoms with Crippen LogP contribution in [0.25, 0.3) is 0 Å². The highest BCUT2D eigenvalue weighted by Crippen LogP contribution is 2.29. The lowest BCUT2D eigenvalue weighted by Crippen LogP contribution is -2.38. The number of carbonyl (C=O) groups is 1. The Morgan fingerprint density at radius 2 is 1.89 bits per heavy atom. The number of para-hydroxylation sites is 2. The first kappa shape index (κ1) is 11.7. The zero-order chi connectivity index (χ0) is 13.2. The molecule has 19 heavy (non-hydrogen) atoms. The van der Waals surface area contributed by atoms with Gasteiger partial charge in [-0.3, -0.25) is 4.79 Å². The number of ketones is 1. The van der Waals surface area contributed by atoms with Gasteiger partial charge in [0.15, 0.2) is 6.10 Å². The van der Waals surface area contributed by atoms with Crippen LogP contribution in [0, 0.1) is 5.82 Å². The monoisotopic (exact) mass is 257 g/mol. The van der Waals surface area contributed by atoms with E-state index in [-0.39, 0.29) is 11.3 Å². The summed E-state index contributed by atoms with van der Waals surface area (Å²) in [4.78, 5) is 12.2. The molecule has 0 aliphatic carbocycles. The third kappa shape index (κ3) is 2.17. The summed E-state index contributed by atoms with van der Waals surface area (Å²) < 4.78 is 19.2. The van der Waals surface area contributed by atoms with Crippen molar-refractivity contribution in [2.75, 3.05) is 11.9 Å². The Hall–Kier alpha value is -2.36. The molecule has 1 unspecified atom stereocenters. The first-order valence-corrected chi connectivity index (χ1v) is 6.04. The highest BCUT2D eigenvalue weighted by Gasteiger charge is 2.28. The van der Waals surface area contributed by atoms with Gasteiger partial charge < -0.3 is 10.1 Å². The SMILES string of the molecule is O=C(c1ccccc1F)C1CNc2ccccc2O1. The molecule has 0 spiro atoms. The summed E-state index contributed by atoms with van der Waals surface area (Å²) in [5, 5.41) is 3.11. The predicted molar refractivity (Wildman–Crippen MR) is 70.1 cm³/mol. The van der Waals surface area contributed by atoms with Crippen LogP contribution in [0.4, 0.5) is 10.1 Å². The third-order valence-corrected chi connectivity index (χ3v) is 3.07. The van der Waals surface area contributed by atoms with Crippen molar-refractivity contribution in [2.24, 2.45) is 0 Å². The summed E-state index contributed by atoms with van der Waals surface area (Å²) in [6, 6.07) is 13.3. The zero-order valence-corrected chi connectivity index (χ0v) is 10.1. The number of benzene rings is 2. The molecule has 0 saturated carbocycles. The number of rotatable bonds is 2. The van der Waals surface area contributed by atoms with E-state index in [4.69, 9.17) is 4.74 Å². The smallest absolute Gasteiger partial charge is 0.208 e. The average Bonchev–Trinajstić information content (AvgIpc) is 2.46. The Bertz CT molecular complexity index is 627. The van der Waals surface area contributed by atoms with E-state index in [1.807, 2.05) is 18.2 Å². The standard InChI is InChI=1S/C15H12FNO2/c16-11-6-2-1-5-10(11)15(18)14-9-17-12-7-3-4-8-13(12)19-14/h1-8,14,17H,9H2. The average molecular weight is 257 g/mol. The number of Topliss-reactive ketones (excluding diaryl/α,β-unsaturated/α-hetero) is 1. The second kappa shape index (κ2) is 4.72. The molecule has 1 aliphatic rings. The van der Waals surface area contributed by atoms with Gasteiger partial charge in [0.1, 0.15) is 11.6 Å². The molecule has 1 aliphatic heterocycles. The molecule has 1 atom stereocenters. The van der Waals surface area contributed by atoms with E-state index in [0.717, 1.165) is 5.69 Å². The maximum atomic E-state index is 13.6. The van der Waals surface area contributed by atoms with Crippen LogP contribution in [0.5, 0.6) is 5.75 Å². The quantitative estimate of drug-likeness (QED) is 0.841. The lowest BCUT2D eigenvalue weighted by molar-refractivity contribution is 0.0797. The molecule has 0 aromatic heterocycles. The summed E-state index contributed by atoms with van der Waals surface area (Å²) >= 11 is 0. The molecule has 96 valence electrons. The van der Waals surface area contributed by atoms with Crippen LogP contribution < -0.4 is 10.1 Å². The van der Waals surface area contributed by atoms with Gasteiger partial charge in [-0.2, -0.15) is 0 Å². The van der Waals surface area contributed by atoms with Gasteiger partial charge in [0.05, 0.1) is 17.8 Å². The highest BCUT2D eigenvalue weighted by molar-refractivity contribution is 6.00. The van der Waals surface area contributed by atoms with Crippen LogP contribution in [-0.2, 0) is 0 Å². The Morgan fingerprint density at radius 3 is 2.74 bits per heavy atom. The second-order valence-electron chi connectivity index (χ2n) is 4.33. The minimum Gasteiger partial charge on any atom is -0.478 e. The fraction of sp³-hybridized carbons (Fsp3) is 0.133. The topological polar surface area (TPSA) is 38.3 Å². The van der Waals surface area contributed by atoms with Gasteiger partial charge in [-0.25, -0.2) is 4.39 Å². The first-order chi connectivity index (χ1) is 9.25. The van der Waals surface area contributed by atoms with Crippen LogP contribution in [0.2, 0.25) is 0 Å². The van der Waals surface area contributed by atoms with Gasteiger partial charge in [0, 0.05) is 0 Å². The van der Waals surface area contributed by atoms with E-state index < -0.39 is 11.9 Å². The number of nitrogens with one attached hydrogen (secondary N) is 1. The van der Waals surface area contributed by atoms with E-state index in [2.05, 4.69) is 5.32 Å². The summed E-state index contributed by atoms with van der Waals surface area (Å²) in [5.41, 5.74) is 0.911. The molecule has 0 saturated heterocycles. The van der Waals surface area contributed by atoms with Crippen LogP contribution in [-0.4, -0.2) is 18.4 Å². The normalized spacial score (nSPS) is 17.0. The van der Waals surface area contributed by atoms with Crippen molar-refractivity contribution in [3.8, 4) is 5.75 Å². The van der Waals surface area contributed by atoms with Crippen LogP contribution in [0.1, 0.15) is 10.4 Å². The molecular formula is C15H12FNO2. The summed E-state index contributed by atoms with van der Waals surface area (Å²) in [5.74, 6) is -0.251. The van der Waals surface area contributed by atoms with Crippen molar-refractivity contribution in [1.29, 1.82) is 0 Å². The molecule has 0 fully saturated rings. The molecule has 2 aromatic rings. The summed E-state index contributed by atoms with van der Waals surface area (Å²) in [6.45, 7) is 0.337. The fourth-order valence-corrected chi connectivity index (χ4v) is 2.09. The molecule has 3 rings (SSSR count). The van der Waals surface area contributed by atoms with Gasteiger partial charge in [0.2, 0.25) is 5.78 Å². The van der Waals surface area contributed by atoms with E-state index in [1.54, 1.807) is 18.2 Å². The lowest BCUT2D eigenvalue weighted by atomic mass is 10.0.